The second-order valence-corrected chi connectivity index (χ2v) is 16.2. The van der Waals surface area contributed by atoms with E-state index in [0.29, 0.717) is 4.90 Å². The lowest BCUT2D eigenvalue weighted by Gasteiger charge is -2.30. The zero-order valence-electron chi connectivity index (χ0n) is 37.9. The van der Waals surface area contributed by atoms with Crippen LogP contribution < -0.4 is 54.0 Å². The van der Waals surface area contributed by atoms with Crippen LogP contribution in [0, 0.1) is 5.92 Å². The van der Waals surface area contributed by atoms with Crippen LogP contribution in [-0.4, -0.2) is 222 Å². The van der Waals surface area contributed by atoms with Gasteiger partial charge in [-0.2, -0.15) is 0 Å². The van der Waals surface area contributed by atoms with E-state index in [0.717, 1.165) is 13.8 Å². The summed E-state index contributed by atoms with van der Waals surface area (Å²) in [6.07, 6.45) is -7.27. The Hall–Kier alpha value is -6.64. The van der Waals surface area contributed by atoms with Crippen molar-refractivity contribution in [3.63, 3.8) is 0 Å². The Kier molecular flexibility index (Phi) is 25.1. The molecule has 1 saturated heterocycles. The van der Waals surface area contributed by atoms with Gasteiger partial charge in [-0.3, -0.25) is 52.7 Å². The number of likely N-dealkylation sites (tertiary alicyclic amines) is 1. The number of carbonyl (C=O) groups excluding carboxylic acids is 10. The van der Waals surface area contributed by atoms with Crippen molar-refractivity contribution in [2.75, 3.05) is 32.9 Å². The maximum Gasteiger partial charge on any atom is 0.326 e. The number of rotatable bonds is 29. The number of carboxylic acid groups (broad SMARTS) is 2. The van der Waals surface area contributed by atoms with Gasteiger partial charge in [0.25, 0.3) is 0 Å². The standard InChI is InChI=1S/C38H63N11O20/c1-14(2)27(46-31(61)19(5-6-26(58)59)43-36(66)28(15(3)53)47-34(64)22(13-52)45-30(60)18(39)11-50)35(65)41-9-25(57)42-21(12-51)33(63)44-20(8-24(40)56)32(62)48-29(16(4)54)37(67)49-10-17(55)7-23(49)38(68)69/h14-23,27-29,50-55H,5-13,39H2,1-4H3,(H2,40,56)(H,41,65)(H,42,57)(H,43,66)(H,44,63)(H,45,60)(H,46,61)(H,47,64)(H,48,62)(H,58,59)(H,68,69)/t15-,16-,17-,18+,19+,20+,21+,22+,23+,27+,28+,29+/m1/s1. The highest BCUT2D eigenvalue weighted by molar-refractivity contribution is 5.99. The van der Waals surface area contributed by atoms with Gasteiger partial charge in [0.15, 0.2) is 0 Å². The molecule has 1 heterocycles. The van der Waals surface area contributed by atoms with Crippen LogP contribution in [-0.2, 0) is 57.5 Å². The summed E-state index contributed by atoms with van der Waals surface area (Å²) in [5.41, 5.74) is 10.6. The lowest BCUT2D eigenvalue weighted by Crippen LogP contribution is -2.62. The minimum absolute atomic E-state index is 0.352. The highest BCUT2D eigenvalue weighted by Gasteiger charge is 2.43. The number of nitrogens with two attached hydrogens (primary N) is 2. The average molecular weight is 994 g/mol. The molecule has 20 N–H and O–H groups in total. The number of hydrogen-bond acceptors (Lipinski definition) is 19. The number of nitrogens with zero attached hydrogens (tertiary/aromatic N) is 1. The van der Waals surface area contributed by atoms with Crippen LogP contribution in [0.4, 0.5) is 0 Å². The number of β-amino-alcohol motifs (C(OH)–C–C–N with tert-alkyl or cyclic N) is 1. The summed E-state index contributed by atoms with van der Waals surface area (Å²) < 4.78 is 0. The number of aliphatic carboxylic acids is 2. The SMILES string of the molecule is CC(C)[C@H](NC(=O)[C@H](CCC(=O)O)NC(=O)[C@@H](NC(=O)[C@H](CO)NC(=O)[C@@H](N)CO)[C@@H](C)O)C(=O)NCC(=O)N[C@@H](CO)C(=O)N[C@@H](CC(N)=O)C(=O)N[C@H](C(=O)N1C[C@H](O)C[C@H]1C(=O)O)[C@@H](C)O. The van der Waals surface area contributed by atoms with E-state index in [-0.39, 0.29) is 6.42 Å². The Morgan fingerprint density at radius 2 is 1.09 bits per heavy atom. The van der Waals surface area contributed by atoms with E-state index in [1.165, 1.54) is 13.8 Å². The largest absolute Gasteiger partial charge is 0.481 e. The van der Waals surface area contributed by atoms with E-state index in [1.807, 2.05) is 5.32 Å². The molecule has 0 bridgehead atoms. The van der Waals surface area contributed by atoms with Crippen molar-refractivity contribution >= 4 is 71.0 Å². The van der Waals surface area contributed by atoms with Crippen LogP contribution in [0.2, 0.25) is 0 Å². The predicted octanol–water partition coefficient (Wildman–Crippen LogP) is -11.0. The van der Waals surface area contributed by atoms with Crippen molar-refractivity contribution in [1.29, 1.82) is 0 Å². The summed E-state index contributed by atoms with van der Waals surface area (Å²) in [6, 6.07) is -15.6. The second-order valence-electron chi connectivity index (χ2n) is 16.2. The van der Waals surface area contributed by atoms with Crippen LogP contribution in [0.15, 0.2) is 0 Å². The lowest BCUT2D eigenvalue weighted by molar-refractivity contribution is -0.151. The fourth-order valence-corrected chi connectivity index (χ4v) is 6.31. The monoisotopic (exact) mass is 993 g/mol. The molecule has 1 rings (SSSR count). The number of amides is 10. The molecule has 10 amide bonds. The quantitative estimate of drug-likeness (QED) is 0.0331. The molecule has 12 atom stereocenters. The maximum atomic E-state index is 13.5. The molecule has 0 aromatic carbocycles. The minimum atomic E-state index is -1.92. The average Bonchev–Trinajstić information content (AvgIpc) is 3.67. The molecule has 0 unspecified atom stereocenters. The molecular weight excluding hydrogens is 930 g/mol. The van der Waals surface area contributed by atoms with Crippen molar-refractivity contribution < 1.29 is 98.4 Å². The van der Waals surface area contributed by atoms with Crippen molar-refractivity contribution in [2.45, 2.75) is 126 Å². The zero-order valence-corrected chi connectivity index (χ0v) is 37.9. The first-order valence-corrected chi connectivity index (χ1v) is 21.1. The van der Waals surface area contributed by atoms with Crippen molar-refractivity contribution in [1.82, 2.24) is 47.4 Å². The predicted molar refractivity (Wildman–Crippen MR) is 228 cm³/mol. The van der Waals surface area contributed by atoms with Crippen LogP contribution >= 0.6 is 0 Å². The molecule has 1 aliphatic heterocycles. The highest BCUT2D eigenvalue weighted by atomic mass is 16.4. The Morgan fingerprint density at radius 3 is 1.58 bits per heavy atom. The normalized spacial score (nSPS) is 18.8. The Balaban J connectivity index is 3.11. The smallest absolute Gasteiger partial charge is 0.326 e. The van der Waals surface area contributed by atoms with Crippen molar-refractivity contribution in [3.05, 3.63) is 0 Å². The van der Waals surface area contributed by atoms with Gasteiger partial charge in [0.05, 0.1) is 51.1 Å². The van der Waals surface area contributed by atoms with Gasteiger partial charge in [0.2, 0.25) is 59.1 Å². The van der Waals surface area contributed by atoms with Gasteiger partial charge in [0.1, 0.15) is 54.4 Å². The first-order chi connectivity index (χ1) is 32.1. The van der Waals surface area contributed by atoms with E-state index in [2.05, 4.69) is 37.2 Å². The topological polar surface area (TPSA) is 518 Å². The third-order valence-corrected chi connectivity index (χ3v) is 10.1. The number of primary amides is 1. The minimum Gasteiger partial charge on any atom is -0.481 e. The fourth-order valence-electron chi connectivity index (χ4n) is 6.31. The molecule has 0 aliphatic carbocycles. The molecule has 0 spiro atoms. The van der Waals surface area contributed by atoms with Crippen LogP contribution in [0.5, 0.6) is 0 Å². The van der Waals surface area contributed by atoms with Gasteiger partial charge in [-0.15, -0.1) is 0 Å². The molecule has 390 valence electrons. The van der Waals surface area contributed by atoms with E-state index >= 15 is 0 Å². The molecule has 69 heavy (non-hydrogen) atoms. The van der Waals surface area contributed by atoms with Crippen LogP contribution in [0.3, 0.4) is 0 Å². The molecule has 31 nitrogen and oxygen atoms in total. The number of carboxylic acids is 2. The van der Waals surface area contributed by atoms with Crippen molar-refractivity contribution in [3.8, 4) is 0 Å². The number of nitrogens with one attached hydrogen (secondary N) is 8. The summed E-state index contributed by atoms with van der Waals surface area (Å²) in [4.78, 5) is 153. The first-order valence-electron chi connectivity index (χ1n) is 21.1. The van der Waals surface area contributed by atoms with E-state index in [4.69, 9.17) is 16.6 Å². The molecule has 0 aromatic heterocycles. The second kappa shape index (κ2) is 28.6. The molecule has 0 radical (unpaired) electrons. The maximum absolute atomic E-state index is 13.5. The van der Waals surface area contributed by atoms with Gasteiger partial charge < -0.3 is 99.8 Å². The summed E-state index contributed by atoms with van der Waals surface area (Å²) in [5, 5.41) is 94.9. The van der Waals surface area contributed by atoms with Gasteiger partial charge in [-0.05, 0) is 26.2 Å². The zero-order chi connectivity index (χ0) is 53.0. The van der Waals surface area contributed by atoms with Crippen LogP contribution in [0.1, 0.15) is 53.4 Å². The molecule has 0 saturated carbocycles. The van der Waals surface area contributed by atoms with Crippen LogP contribution in [0.25, 0.3) is 0 Å². The lowest BCUT2D eigenvalue weighted by atomic mass is 10.0. The van der Waals surface area contributed by atoms with E-state index < -0.39 is 202 Å². The fraction of sp³-hybridized carbons (Fsp3) is 0.684. The van der Waals surface area contributed by atoms with Gasteiger partial charge >= 0.3 is 11.9 Å². The third-order valence-electron chi connectivity index (χ3n) is 10.1. The number of aliphatic hydroxyl groups excluding tert-OH is 6. The van der Waals surface area contributed by atoms with Gasteiger partial charge in [-0.1, -0.05) is 13.8 Å². The van der Waals surface area contributed by atoms with Crippen molar-refractivity contribution in [2.24, 2.45) is 17.4 Å². The third kappa shape index (κ3) is 19.5. The molecular formula is C38H63N11O20. The van der Waals surface area contributed by atoms with E-state index in [1.54, 1.807) is 0 Å². The molecule has 1 aliphatic rings. The Bertz CT molecular complexity index is 1890. The molecule has 31 heteroatoms. The van der Waals surface area contributed by atoms with E-state index in [9.17, 15) is 93.3 Å². The Morgan fingerprint density at radius 1 is 0.609 bits per heavy atom. The van der Waals surface area contributed by atoms with Gasteiger partial charge in [-0.25, -0.2) is 4.79 Å². The number of hydrogen-bond donors (Lipinski definition) is 18. The summed E-state index contributed by atoms with van der Waals surface area (Å²) in [7, 11) is 0. The Labute approximate surface area is 392 Å². The highest BCUT2D eigenvalue weighted by Crippen LogP contribution is 2.20. The summed E-state index contributed by atoms with van der Waals surface area (Å²) in [5.74, 6) is -15.5. The first kappa shape index (κ1) is 60.4. The van der Waals surface area contributed by atoms with Gasteiger partial charge in [0, 0.05) is 19.4 Å². The molecule has 0 aromatic rings. The number of aliphatic hydroxyl groups is 6. The molecule has 1 fully saturated rings. The summed E-state index contributed by atoms with van der Waals surface area (Å²) >= 11 is 0. The summed E-state index contributed by atoms with van der Waals surface area (Å²) in [6.45, 7) is 0.566. The number of carbonyl (C=O) groups is 12.